The van der Waals surface area contributed by atoms with Gasteiger partial charge >= 0.3 is 5.97 Å². The van der Waals surface area contributed by atoms with Crippen molar-refractivity contribution in [2.75, 3.05) is 5.32 Å². The third-order valence-corrected chi connectivity index (χ3v) is 4.32. The van der Waals surface area contributed by atoms with Crippen LogP contribution in [0.4, 0.5) is 11.5 Å². The Morgan fingerprint density at radius 2 is 1.86 bits per heavy atom. The molecule has 3 aromatic carbocycles. The quantitative estimate of drug-likeness (QED) is 0.314. The van der Waals surface area contributed by atoms with Crippen molar-refractivity contribution >= 4 is 28.4 Å². The molecular formula is C24H17N3O2. The zero-order chi connectivity index (χ0) is 20.1. The van der Waals surface area contributed by atoms with Gasteiger partial charge in [-0.2, -0.15) is 0 Å². The number of nitrogens with zero attached hydrogens (tertiary/aromatic N) is 2. The number of rotatable bonds is 5. The van der Waals surface area contributed by atoms with Gasteiger partial charge in [-0.1, -0.05) is 36.3 Å². The minimum atomic E-state index is -0.330. The molecule has 0 aliphatic heterocycles. The van der Waals surface area contributed by atoms with E-state index in [1.165, 1.54) is 6.33 Å². The van der Waals surface area contributed by atoms with E-state index in [2.05, 4.69) is 21.2 Å². The Kier molecular flexibility index (Phi) is 5.17. The Morgan fingerprint density at radius 1 is 1.00 bits per heavy atom. The third-order valence-electron chi connectivity index (χ3n) is 4.32. The highest BCUT2D eigenvalue weighted by Gasteiger charge is 2.10. The molecule has 0 saturated heterocycles. The highest BCUT2D eigenvalue weighted by atomic mass is 16.5. The second kappa shape index (κ2) is 8.24. The van der Waals surface area contributed by atoms with Crippen molar-refractivity contribution in [3.05, 3.63) is 90.3 Å². The zero-order valence-electron chi connectivity index (χ0n) is 15.5. The minimum Gasteiger partial charge on any atom is -0.426 e. The third kappa shape index (κ3) is 4.40. The molecule has 0 bridgehead atoms. The molecule has 0 atom stereocenters. The van der Waals surface area contributed by atoms with E-state index < -0.39 is 0 Å². The Labute approximate surface area is 168 Å². The predicted octanol–water partition coefficient (Wildman–Crippen LogP) is 4.50. The molecule has 1 heterocycles. The molecule has 29 heavy (non-hydrogen) atoms. The first-order chi connectivity index (χ1) is 14.2. The van der Waals surface area contributed by atoms with Crippen molar-refractivity contribution in [2.45, 2.75) is 6.42 Å². The lowest BCUT2D eigenvalue weighted by molar-refractivity contribution is -0.133. The van der Waals surface area contributed by atoms with E-state index in [0.717, 1.165) is 27.7 Å². The van der Waals surface area contributed by atoms with Crippen LogP contribution in [0.2, 0.25) is 0 Å². The molecule has 5 heteroatoms. The number of fused-ring (bicyclic) bond motifs is 1. The molecule has 0 saturated carbocycles. The summed E-state index contributed by atoms with van der Waals surface area (Å²) in [6.45, 7) is 0. The summed E-state index contributed by atoms with van der Waals surface area (Å²) in [5, 5.41) is 4.09. The van der Waals surface area contributed by atoms with Gasteiger partial charge in [0.15, 0.2) is 0 Å². The van der Waals surface area contributed by atoms with Gasteiger partial charge in [-0.15, -0.1) is 6.42 Å². The fraction of sp³-hybridized carbons (Fsp3) is 0.0417. The minimum absolute atomic E-state index is 0.145. The lowest BCUT2D eigenvalue weighted by atomic mass is 10.1. The average molecular weight is 379 g/mol. The highest BCUT2D eigenvalue weighted by Crippen LogP contribution is 2.25. The standard InChI is InChI=1S/C24H17N3O2/c1-2-17-7-6-8-19(13-17)27-24-21-14-18(11-12-22(21)25-16-26-24)15-23(28)29-20-9-4-3-5-10-20/h1,3-14,16H,15H2,(H,25,26,27). The van der Waals surface area contributed by atoms with Crippen LogP contribution in [0.15, 0.2) is 79.1 Å². The van der Waals surface area contributed by atoms with E-state index in [1.807, 2.05) is 60.7 Å². The van der Waals surface area contributed by atoms with Crippen molar-refractivity contribution in [3.63, 3.8) is 0 Å². The van der Waals surface area contributed by atoms with Gasteiger partial charge in [-0.3, -0.25) is 4.79 Å². The van der Waals surface area contributed by atoms with Crippen LogP contribution >= 0.6 is 0 Å². The SMILES string of the molecule is C#Cc1cccc(Nc2ncnc3ccc(CC(=O)Oc4ccccc4)cc23)c1. The van der Waals surface area contributed by atoms with Gasteiger partial charge in [0.1, 0.15) is 17.9 Å². The summed E-state index contributed by atoms with van der Waals surface area (Å²) < 4.78 is 5.38. The van der Waals surface area contributed by atoms with Gasteiger partial charge in [0, 0.05) is 16.6 Å². The number of ether oxygens (including phenoxy) is 1. The fourth-order valence-corrected chi connectivity index (χ4v) is 2.96. The number of benzene rings is 3. The first kappa shape index (κ1) is 18.2. The number of nitrogens with one attached hydrogen (secondary N) is 1. The monoisotopic (exact) mass is 379 g/mol. The van der Waals surface area contributed by atoms with E-state index in [0.29, 0.717) is 11.6 Å². The van der Waals surface area contributed by atoms with E-state index in [1.54, 1.807) is 12.1 Å². The Hall–Kier alpha value is -4.17. The number of carbonyl (C=O) groups excluding carboxylic acids is 1. The Balaban J connectivity index is 1.58. The van der Waals surface area contributed by atoms with Crippen LogP contribution in [-0.2, 0) is 11.2 Å². The number of terminal acetylenes is 1. The van der Waals surface area contributed by atoms with Gasteiger partial charge in [-0.05, 0) is 48.0 Å². The number of anilines is 2. The molecule has 0 spiro atoms. The van der Waals surface area contributed by atoms with E-state index >= 15 is 0 Å². The van der Waals surface area contributed by atoms with Crippen molar-refractivity contribution in [3.8, 4) is 18.1 Å². The molecule has 0 aliphatic rings. The maximum absolute atomic E-state index is 12.3. The smallest absolute Gasteiger partial charge is 0.315 e. The fourth-order valence-electron chi connectivity index (χ4n) is 2.96. The van der Waals surface area contributed by atoms with Crippen molar-refractivity contribution in [1.82, 2.24) is 9.97 Å². The van der Waals surface area contributed by atoms with Crippen molar-refractivity contribution in [1.29, 1.82) is 0 Å². The van der Waals surface area contributed by atoms with Gasteiger partial charge in [0.05, 0.1) is 11.9 Å². The molecule has 4 aromatic rings. The maximum atomic E-state index is 12.3. The van der Waals surface area contributed by atoms with Crippen LogP contribution in [-0.4, -0.2) is 15.9 Å². The molecule has 0 radical (unpaired) electrons. The second-order valence-electron chi connectivity index (χ2n) is 6.39. The molecular weight excluding hydrogens is 362 g/mol. The van der Waals surface area contributed by atoms with Gasteiger partial charge < -0.3 is 10.1 Å². The first-order valence-corrected chi connectivity index (χ1v) is 9.04. The molecule has 1 N–H and O–H groups in total. The van der Waals surface area contributed by atoms with Crippen LogP contribution in [0.3, 0.4) is 0 Å². The second-order valence-corrected chi connectivity index (χ2v) is 6.39. The number of esters is 1. The largest absolute Gasteiger partial charge is 0.426 e. The summed E-state index contributed by atoms with van der Waals surface area (Å²) in [4.78, 5) is 20.9. The summed E-state index contributed by atoms with van der Waals surface area (Å²) in [7, 11) is 0. The van der Waals surface area contributed by atoms with Gasteiger partial charge in [0.2, 0.25) is 0 Å². The highest BCUT2D eigenvalue weighted by molar-refractivity contribution is 5.91. The lowest BCUT2D eigenvalue weighted by Gasteiger charge is -2.10. The van der Waals surface area contributed by atoms with E-state index in [-0.39, 0.29) is 12.4 Å². The average Bonchev–Trinajstić information content (AvgIpc) is 2.75. The summed E-state index contributed by atoms with van der Waals surface area (Å²) in [5.74, 6) is 3.45. The van der Waals surface area contributed by atoms with E-state index in [4.69, 9.17) is 11.2 Å². The van der Waals surface area contributed by atoms with E-state index in [9.17, 15) is 4.79 Å². The first-order valence-electron chi connectivity index (χ1n) is 9.04. The number of hydrogen-bond donors (Lipinski definition) is 1. The molecule has 0 unspecified atom stereocenters. The molecule has 1 aromatic heterocycles. The van der Waals surface area contributed by atoms with Crippen molar-refractivity contribution in [2.24, 2.45) is 0 Å². The Morgan fingerprint density at radius 3 is 2.69 bits per heavy atom. The molecule has 0 fully saturated rings. The molecule has 0 amide bonds. The van der Waals surface area contributed by atoms with Crippen molar-refractivity contribution < 1.29 is 9.53 Å². The van der Waals surface area contributed by atoms with Gasteiger partial charge in [-0.25, -0.2) is 9.97 Å². The maximum Gasteiger partial charge on any atom is 0.315 e. The zero-order valence-corrected chi connectivity index (χ0v) is 15.5. The topological polar surface area (TPSA) is 64.1 Å². The van der Waals surface area contributed by atoms with Crippen LogP contribution in [0.1, 0.15) is 11.1 Å². The predicted molar refractivity (Wildman–Crippen MR) is 113 cm³/mol. The number of aromatic nitrogens is 2. The summed E-state index contributed by atoms with van der Waals surface area (Å²) in [6.07, 6.45) is 7.12. The number of hydrogen-bond acceptors (Lipinski definition) is 5. The lowest BCUT2D eigenvalue weighted by Crippen LogP contribution is -2.11. The van der Waals surface area contributed by atoms with Gasteiger partial charge in [0.25, 0.3) is 0 Å². The molecule has 0 aliphatic carbocycles. The Bertz CT molecular complexity index is 1210. The summed E-state index contributed by atoms with van der Waals surface area (Å²) >= 11 is 0. The molecule has 5 nitrogen and oxygen atoms in total. The molecule has 4 rings (SSSR count). The van der Waals surface area contributed by atoms with Crippen LogP contribution in [0, 0.1) is 12.3 Å². The normalized spacial score (nSPS) is 10.3. The van der Waals surface area contributed by atoms with Crippen LogP contribution < -0.4 is 10.1 Å². The summed E-state index contributed by atoms with van der Waals surface area (Å²) in [5.41, 5.74) is 3.19. The number of carbonyl (C=O) groups is 1. The van der Waals surface area contributed by atoms with Crippen LogP contribution in [0.5, 0.6) is 5.75 Å². The molecule has 140 valence electrons. The summed E-state index contributed by atoms with van der Waals surface area (Å²) in [6, 6.07) is 22.2. The van der Waals surface area contributed by atoms with Crippen LogP contribution in [0.25, 0.3) is 10.9 Å². The number of para-hydroxylation sites is 1.